The van der Waals surface area contributed by atoms with E-state index in [1.807, 2.05) is 50.3 Å². The highest BCUT2D eigenvalue weighted by molar-refractivity contribution is 6.35. The van der Waals surface area contributed by atoms with Gasteiger partial charge in [-0.3, -0.25) is 4.79 Å². The summed E-state index contributed by atoms with van der Waals surface area (Å²) in [6, 6.07) is 16.3. The molecular formula is C22H27BN6O2. The van der Waals surface area contributed by atoms with Gasteiger partial charge in [0, 0.05) is 30.7 Å². The maximum absolute atomic E-state index is 12.5. The molecule has 1 amide bonds. The third-order valence-electron chi connectivity index (χ3n) is 4.62. The van der Waals surface area contributed by atoms with Gasteiger partial charge in [0.05, 0.1) is 6.04 Å². The fourth-order valence-corrected chi connectivity index (χ4v) is 2.97. The molecule has 6 N–H and O–H groups in total. The van der Waals surface area contributed by atoms with Crippen molar-refractivity contribution in [1.82, 2.24) is 9.97 Å². The monoisotopic (exact) mass is 418 g/mol. The van der Waals surface area contributed by atoms with Crippen LogP contribution in [0.25, 0.3) is 0 Å². The van der Waals surface area contributed by atoms with Crippen LogP contribution >= 0.6 is 0 Å². The van der Waals surface area contributed by atoms with Crippen LogP contribution in [0.1, 0.15) is 12.0 Å². The molecule has 1 heterocycles. The number of nitrogens with zero attached hydrogens (tertiary/aromatic N) is 2. The van der Waals surface area contributed by atoms with Crippen molar-refractivity contribution in [1.29, 1.82) is 0 Å². The first-order valence-electron chi connectivity index (χ1n) is 10.2. The smallest absolute Gasteiger partial charge is 0.241 e. The fraction of sp³-hybridized carbons (Fsp3) is 0.227. The van der Waals surface area contributed by atoms with Crippen LogP contribution in [-0.2, 0) is 11.2 Å². The highest BCUT2D eigenvalue weighted by Gasteiger charge is 2.14. The van der Waals surface area contributed by atoms with Gasteiger partial charge in [0.25, 0.3) is 0 Å². The van der Waals surface area contributed by atoms with Crippen molar-refractivity contribution < 1.29 is 9.90 Å². The van der Waals surface area contributed by atoms with E-state index in [1.54, 1.807) is 18.3 Å². The Morgan fingerprint density at radius 1 is 1.13 bits per heavy atom. The number of anilines is 4. The first kappa shape index (κ1) is 22.3. The molecule has 0 aliphatic carbocycles. The Hall–Kier alpha value is -3.43. The lowest BCUT2D eigenvalue weighted by Gasteiger charge is -2.14. The summed E-state index contributed by atoms with van der Waals surface area (Å²) < 4.78 is 0. The summed E-state index contributed by atoms with van der Waals surface area (Å²) in [6.45, 7) is 0.744. The number of benzene rings is 2. The zero-order valence-electron chi connectivity index (χ0n) is 17.5. The van der Waals surface area contributed by atoms with Gasteiger partial charge in [0.1, 0.15) is 13.7 Å². The summed E-state index contributed by atoms with van der Waals surface area (Å²) in [7, 11) is 1.92. The molecule has 3 rings (SSSR count). The second kappa shape index (κ2) is 11.1. The van der Waals surface area contributed by atoms with Crippen LogP contribution in [0, 0.1) is 0 Å². The lowest BCUT2D eigenvalue weighted by molar-refractivity contribution is -0.117. The fourth-order valence-electron chi connectivity index (χ4n) is 2.97. The Morgan fingerprint density at radius 2 is 1.90 bits per heavy atom. The molecule has 1 unspecified atom stereocenters. The average molecular weight is 418 g/mol. The molecule has 31 heavy (non-hydrogen) atoms. The number of hydrogen-bond acceptors (Lipinski definition) is 7. The van der Waals surface area contributed by atoms with Gasteiger partial charge < -0.3 is 26.8 Å². The average Bonchev–Trinajstić information content (AvgIpc) is 2.77. The van der Waals surface area contributed by atoms with Crippen LogP contribution < -0.4 is 27.1 Å². The number of rotatable bonds is 10. The molecule has 0 aliphatic rings. The molecule has 0 aliphatic heterocycles. The van der Waals surface area contributed by atoms with E-state index in [9.17, 15) is 4.79 Å². The van der Waals surface area contributed by atoms with Crippen LogP contribution in [0.2, 0.25) is 0 Å². The largest absolute Gasteiger partial charge is 0.396 e. The van der Waals surface area contributed by atoms with Crippen LogP contribution in [-0.4, -0.2) is 48.0 Å². The number of nitrogens with one attached hydrogen (secondary N) is 3. The van der Waals surface area contributed by atoms with Crippen molar-refractivity contribution in [2.75, 3.05) is 29.1 Å². The number of hydrogen-bond donors (Lipinski definition) is 5. The molecule has 2 aromatic carbocycles. The topological polar surface area (TPSA) is 125 Å². The number of amides is 1. The summed E-state index contributed by atoms with van der Waals surface area (Å²) in [6.07, 6.45) is 2.83. The predicted molar refractivity (Wildman–Crippen MR) is 127 cm³/mol. The third kappa shape index (κ3) is 6.80. The highest BCUT2D eigenvalue weighted by Crippen LogP contribution is 2.19. The molecule has 160 valence electrons. The van der Waals surface area contributed by atoms with Gasteiger partial charge in [-0.05, 0) is 42.1 Å². The van der Waals surface area contributed by atoms with E-state index in [0.29, 0.717) is 36.8 Å². The van der Waals surface area contributed by atoms with E-state index in [-0.39, 0.29) is 12.5 Å². The molecule has 0 saturated carbocycles. The van der Waals surface area contributed by atoms with Gasteiger partial charge in [-0.2, -0.15) is 4.98 Å². The van der Waals surface area contributed by atoms with E-state index in [2.05, 4.69) is 25.9 Å². The van der Waals surface area contributed by atoms with E-state index in [1.165, 1.54) is 0 Å². The maximum Gasteiger partial charge on any atom is 0.241 e. The zero-order chi connectivity index (χ0) is 22.1. The van der Waals surface area contributed by atoms with Crippen molar-refractivity contribution >= 4 is 42.4 Å². The Labute approximate surface area is 182 Å². The van der Waals surface area contributed by atoms with Crippen molar-refractivity contribution in [3.63, 3.8) is 0 Å². The molecule has 8 nitrogen and oxygen atoms in total. The molecule has 0 spiro atoms. The third-order valence-corrected chi connectivity index (χ3v) is 4.62. The number of aromatic nitrogens is 2. The minimum Gasteiger partial charge on any atom is -0.396 e. The molecule has 0 saturated heterocycles. The number of nitrogens with two attached hydrogens (primary N) is 1. The van der Waals surface area contributed by atoms with Gasteiger partial charge >= 0.3 is 0 Å². The maximum atomic E-state index is 12.5. The Kier molecular flexibility index (Phi) is 7.97. The number of aliphatic hydroxyl groups excluding tert-OH is 1. The summed E-state index contributed by atoms with van der Waals surface area (Å²) >= 11 is 0. The molecule has 9 heteroatoms. The van der Waals surface area contributed by atoms with Gasteiger partial charge in [-0.15, -0.1) is 0 Å². The second-order valence-corrected chi connectivity index (χ2v) is 7.22. The molecule has 1 aromatic heterocycles. The van der Waals surface area contributed by atoms with Crippen LogP contribution in [0.15, 0.2) is 60.8 Å². The molecule has 3 aromatic rings. The van der Waals surface area contributed by atoms with Gasteiger partial charge in [-0.25, -0.2) is 4.98 Å². The molecule has 1 atom stereocenters. The lowest BCUT2D eigenvalue weighted by atomic mass is 9.99. The first-order chi connectivity index (χ1) is 15.0. The standard InChI is InChI=1S/C22H27BN6O2/c23-18-14-26-22(29-20(18)25-10-5-11-30)28-17-9-4-8-16(13-17)27-21(31)19(24)12-15-6-2-1-3-7-15/h1-4,6-9,13-14,19,30H,5,10-12,23-24H2,(H,27,31)(H2,25,26,28,29). The molecular weight excluding hydrogens is 391 g/mol. The van der Waals surface area contributed by atoms with E-state index < -0.39 is 6.04 Å². The number of aliphatic hydroxyl groups is 1. The molecule has 0 fully saturated rings. The van der Waals surface area contributed by atoms with Gasteiger partial charge in [-0.1, -0.05) is 36.4 Å². The quantitative estimate of drug-likeness (QED) is 0.243. The van der Waals surface area contributed by atoms with Crippen LogP contribution in [0.3, 0.4) is 0 Å². The minimum absolute atomic E-state index is 0.121. The summed E-state index contributed by atoms with van der Waals surface area (Å²) in [5, 5.41) is 18.1. The van der Waals surface area contributed by atoms with E-state index >= 15 is 0 Å². The first-order valence-corrected chi connectivity index (χ1v) is 10.2. The SMILES string of the molecule is Bc1cnc(Nc2cccc(NC(=O)C(N)Cc3ccccc3)c2)nc1NCCCO. The van der Waals surface area contributed by atoms with E-state index in [4.69, 9.17) is 10.8 Å². The van der Waals surface area contributed by atoms with Gasteiger partial charge in [0.2, 0.25) is 11.9 Å². The summed E-state index contributed by atoms with van der Waals surface area (Å²) in [5.74, 6) is 0.895. The number of carbonyl (C=O) groups is 1. The predicted octanol–water partition coefficient (Wildman–Crippen LogP) is 0.781. The number of carbonyl (C=O) groups excluding carboxylic acids is 1. The van der Waals surface area contributed by atoms with Crippen molar-refractivity contribution in [3.8, 4) is 0 Å². The molecule has 0 radical (unpaired) electrons. The van der Waals surface area contributed by atoms with Crippen LogP contribution in [0.5, 0.6) is 0 Å². The lowest BCUT2D eigenvalue weighted by Crippen LogP contribution is -2.37. The van der Waals surface area contributed by atoms with Crippen molar-refractivity contribution in [2.24, 2.45) is 5.73 Å². The van der Waals surface area contributed by atoms with E-state index in [0.717, 1.165) is 16.7 Å². The zero-order valence-corrected chi connectivity index (χ0v) is 17.5. The molecule has 0 bridgehead atoms. The summed E-state index contributed by atoms with van der Waals surface area (Å²) in [4.78, 5) is 21.3. The Balaban J connectivity index is 1.62. The normalized spacial score (nSPS) is 11.5. The summed E-state index contributed by atoms with van der Waals surface area (Å²) in [5.41, 5.74) is 9.36. The van der Waals surface area contributed by atoms with Gasteiger partial charge in [0.15, 0.2) is 0 Å². The Morgan fingerprint density at radius 3 is 2.68 bits per heavy atom. The minimum atomic E-state index is -0.646. The van der Waals surface area contributed by atoms with Crippen LogP contribution in [0.4, 0.5) is 23.1 Å². The van der Waals surface area contributed by atoms with Crippen molar-refractivity contribution in [3.05, 3.63) is 66.4 Å². The second-order valence-electron chi connectivity index (χ2n) is 7.22. The van der Waals surface area contributed by atoms with Crippen molar-refractivity contribution in [2.45, 2.75) is 18.9 Å². The highest BCUT2D eigenvalue weighted by atomic mass is 16.3. The Bertz CT molecular complexity index is 1000.